The first-order valence-corrected chi connectivity index (χ1v) is 6.77. The lowest BCUT2D eigenvalue weighted by atomic mass is 9.97. The van der Waals surface area contributed by atoms with Crippen LogP contribution < -0.4 is 9.47 Å². The van der Waals surface area contributed by atoms with E-state index < -0.39 is 0 Å². The molecular formula is C14H19BrO3. The Morgan fingerprint density at radius 1 is 1.33 bits per heavy atom. The van der Waals surface area contributed by atoms with E-state index in [9.17, 15) is 4.79 Å². The third-order valence-electron chi connectivity index (χ3n) is 2.99. The van der Waals surface area contributed by atoms with Crippen LogP contribution in [0.4, 0.5) is 0 Å². The number of ether oxygens (including phenoxy) is 2. The van der Waals surface area contributed by atoms with E-state index in [1.54, 1.807) is 26.4 Å². The van der Waals surface area contributed by atoms with Crippen LogP contribution in [0, 0.1) is 5.92 Å². The van der Waals surface area contributed by atoms with E-state index in [2.05, 4.69) is 29.8 Å². The van der Waals surface area contributed by atoms with Crippen molar-refractivity contribution in [3.8, 4) is 11.5 Å². The van der Waals surface area contributed by atoms with E-state index in [-0.39, 0.29) is 5.78 Å². The number of ketones is 1. The Labute approximate surface area is 117 Å². The summed E-state index contributed by atoms with van der Waals surface area (Å²) in [4.78, 5) is 12.3. The van der Waals surface area contributed by atoms with Crippen LogP contribution in [-0.2, 0) is 0 Å². The lowest BCUT2D eigenvalue weighted by molar-refractivity contribution is 0.0960. The van der Waals surface area contributed by atoms with Gasteiger partial charge in [0, 0.05) is 17.0 Å². The molecule has 0 N–H and O–H groups in total. The molecule has 0 aliphatic rings. The summed E-state index contributed by atoms with van der Waals surface area (Å²) in [5.41, 5.74) is 0.596. The highest BCUT2D eigenvalue weighted by molar-refractivity contribution is 9.10. The van der Waals surface area contributed by atoms with Crippen molar-refractivity contribution < 1.29 is 14.3 Å². The molecule has 3 nitrogen and oxygen atoms in total. The largest absolute Gasteiger partial charge is 0.497 e. The average molecular weight is 315 g/mol. The van der Waals surface area contributed by atoms with Gasteiger partial charge in [0.05, 0.1) is 19.8 Å². The van der Waals surface area contributed by atoms with Gasteiger partial charge in [-0.1, -0.05) is 20.3 Å². The summed E-state index contributed by atoms with van der Waals surface area (Å²) in [5, 5.41) is 0. The van der Waals surface area contributed by atoms with Crippen molar-refractivity contribution in [1.82, 2.24) is 0 Å². The molecule has 0 aliphatic heterocycles. The second kappa shape index (κ2) is 6.78. The van der Waals surface area contributed by atoms with Crippen LogP contribution in [0.1, 0.15) is 37.0 Å². The van der Waals surface area contributed by atoms with Gasteiger partial charge in [0.15, 0.2) is 5.78 Å². The molecule has 1 unspecified atom stereocenters. The van der Waals surface area contributed by atoms with Gasteiger partial charge in [0.25, 0.3) is 0 Å². The molecule has 0 bridgehead atoms. The van der Waals surface area contributed by atoms with Crippen LogP contribution in [0.2, 0.25) is 0 Å². The van der Waals surface area contributed by atoms with Crippen molar-refractivity contribution in [3.05, 3.63) is 22.2 Å². The number of rotatable bonds is 6. The van der Waals surface area contributed by atoms with E-state index in [1.165, 1.54) is 0 Å². The molecule has 0 aliphatic carbocycles. The molecule has 0 saturated carbocycles. The van der Waals surface area contributed by atoms with Crippen molar-refractivity contribution in [2.45, 2.75) is 26.7 Å². The number of methoxy groups -OCH3 is 2. The molecule has 0 amide bonds. The molecule has 0 radical (unpaired) electrons. The minimum absolute atomic E-state index is 0.0933. The monoisotopic (exact) mass is 314 g/mol. The highest BCUT2D eigenvalue weighted by Gasteiger charge is 2.19. The summed E-state index contributed by atoms with van der Waals surface area (Å²) in [6.07, 6.45) is 1.51. The maximum atomic E-state index is 12.3. The highest BCUT2D eigenvalue weighted by Crippen LogP contribution is 2.34. The van der Waals surface area contributed by atoms with Crippen LogP contribution in [0.15, 0.2) is 16.6 Å². The number of Topliss-reactive ketones (excluding diaryl/α,β-unsaturated/α-hetero) is 1. The molecular weight excluding hydrogens is 296 g/mol. The SMILES string of the molecule is CCC(C)CC(=O)c1c(Br)cc(OC)cc1OC. The van der Waals surface area contributed by atoms with Crippen molar-refractivity contribution in [3.63, 3.8) is 0 Å². The van der Waals surface area contributed by atoms with Crippen molar-refractivity contribution in [2.24, 2.45) is 5.92 Å². The third kappa shape index (κ3) is 3.48. The Balaban J connectivity index is 3.10. The number of benzene rings is 1. The number of hydrogen-bond donors (Lipinski definition) is 0. The van der Waals surface area contributed by atoms with Gasteiger partial charge < -0.3 is 9.47 Å². The summed E-state index contributed by atoms with van der Waals surface area (Å²) >= 11 is 3.41. The van der Waals surface area contributed by atoms with E-state index in [0.29, 0.717) is 33.9 Å². The van der Waals surface area contributed by atoms with Gasteiger partial charge in [-0.2, -0.15) is 0 Å². The fourth-order valence-electron chi connectivity index (χ4n) is 1.67. The number of carbonyl (C=O) groups excluding carboxylic acids is 1. The van der Waals surface area contributed by atoms with E-state index >= 15 is 0 Å². The molecule has 0 aromatic heterocycles. The maximum Gasteiger partial charge on any atom is 0.168 e. The normalized spacial score (nSPS) is 12.1. The Kier molecular flexibility index (Phi) is 5.66. The fourth-order valence-corrected chi connectivity index (χ4v) is 2.31. The Hall–Kier alpha value is -1.03. The summed E-state index contributed by atoms with van der Waals surface area (Å²) in [5.74, 6) is 1.68. The quantitative estimate of drug-likeness (QED) is 0.742. The number of hydrogen-bond acceptors (Lipinski definition) is 3. The first-order chi connectivity index (χ1) is 8.53. The Morgan fingerprint density at radius 3 is 2.50 bits per heavy atom. The molecule has 0 fully saturated rings. The molecule has 18 heavy (non-hydrogen) atoms. The second-order valence-electron chi connectivity index (χ2n) is 4.33. The van der Waals surface area contributed by atoms with E-state index in [0.717, 1.165) is 6.42 Å². The first kappa shape index (κ1) is 15.0. The van der Waals surface area contributed by atoms with Gasteiger partial charge in [0.2, 0.25) is 0 Å². The minimum Gasteiger partial charge on any atom is -0.497 e. The van der Waals surface area contributed by atoms with E-state index in [1.807, 2.05) is 0 Å². The highest BCUT2D eigenvalue weighted by atomic mass is 79.9. The minimum atomic E-state index is 0.0933. The van der Waals surface area contributed by atoms with Crippen LogP contribution in [-0.4, -0.2) is 20.0 Å². The van der Waals surface area contributed by atoms with Crippen LogP contribution in [0.3, 0.4) is 0 Å². The van der Waals surface area contributed by atoms with Gasteiger partial charge in [-0.15, -0.1) is 0 Å². The molecule has 0 spiro atoms. The smallest absolute Gasteiger partial charge is 0.168 e. The van der Waals surface area contributed by atoms with Gasteiger partial charge in [-0.05, 0) is 27.9 Å². The number of carbonyl (C=O) groups is 1. The van der Waals surface area contributed by atoms with Gasteiger partial charge in [0.1, 0.15) is 11.5 Å². The molecule has 1 aromatic rings. The molecule has 1 atom stereocenters. The Morgan fingerprint density at radius 2 is 2.00 bits per heavy atom. The zero-order valence-electron chi connectivity index (χ0n) is 11.2. The maximum absolute atomic E-state index is 12.3. The molecule has 100 valence electrons. The molecule has 0 saturated heterocycles. The van der Waals surface area contributed by atoms with Crippen LogP contribution in [0.25, 0.3) is 0 Å². The summed E-state index contributed by atoms with van der Waals surface area (Å²) in [7, 11) is 3.14. The van der Waals surface area contributed by atoms with Crippen molar-refractivity contribution in [2.75, 3.05) is 14.2 Å². The van der Waals surface area contributed by atoms with Crippen molar-refractivity contribution >= 4 is 21.7 Å². The lowest BCUT2D eigenvalue weighted by Gasteiger charge is -2.13. The predicted molar refractivity (Wildman–Crippen MR) is 75.6 cm³/mol. The molecule has 1 aromatic carbocycles. The molecule has 1 rings (SSSR count). The summed E-state index contributed by atoms with van der Waals surface area (Å²) in [6, 6.07) is 3.51. The van der Waals surface area contributed by atoms with Gasteiger partial charge in [-0.25, -0.2) is 0 Å². The average Bonchev–Trinajstić information content (AvgIpc) is 2.36. The fraction of sp³-hybridized carbons (Fsp3) is 0.500. The topological polar surface area (TPSA) is 35.5 Å². The van der Waals surface area contributed by atoms with Crippen molar-refractivity contribution in [1.29, 1.82) is 0 Å². The van der Waals surface area contributed by atoms with Gasteiger partial charge in [-0.3, -0.25) is 4.79 Å². The van der Waals surface area contributed by atoms with Gasteiger partial charge >= 0.3 is 0 Å². The molecule has 4 heteroatoms. The molecule has 0 heterocycles. The van der Waals surface area contributed by atoms with Crippen LogP contribution in [0.5, 0.6) is 11.5 Å². The standard InChI is InChI=1S/C14H19BrO3/c1-5-9(2)6-12(16)14-11(15)7-10(17-3)8-13(14)18-4/h7-9H,5-6H2,1-4H3. The predicted octanol–water partition coefficient (Wildman–Crippen LogP) is 4.09. The first-order valence-electron chi connectivity index (χ1n) is 5.98. The third-order valence-corrected chi connectivity index (χ3v) is 3.62. The second-order valence-corrected chi connectivity index (χ2v) is 5.18. The number of halogens is 1. The Bertz CT molecular complexity index is 429. The summed E-state index contributed by atoms with van der Waals surface area (Å²) in [6.45, 7) is 4.15. The van der Waals surface area contributed by atoms with Crippen LogP contribution >= 0.6 is 15.9 Å². The summed E-state index contributed by atoms with van der Waals surface area (Å²) < 4.78 is 11.1. The zero-order valence-corrected chi connectivity index (χ0v) is 12.8. The lowest BCUT2D eigenvalue weighted by Crippen LogP contribution is -2.08. The van der Waals surface area contributed by atoms with E-state index in [4.69, 9.17) is 9.47 Å². The zero-order chi connectivity index (χ0) is 13.7.